The smallest absolute Gasteiger partial charge is 0.413 e. The highest BCUT2D eigenvalue weighted by Crippen LogP contribution is 2.29. The first-order chi connectivity index (χ1) is 16.9. The molecule has 1 amide bonds. The van der Waals surface area contributed by atoms with Crippen molar-refractivity contribution in [3.05, 3.63) is 87.8 Å². The van der Waals surface area contributed by atoms with Gasteiger partial charge in [-0.3, -0.25) is 10.1 Å². The Hall–Kier alpha value is -4.60. The van der Waals surface area contributed by atoms with Crippen LogP contribution >= 0.6 is 0 Å². The summed E-state index contributed by atoms with van der Waals surface area (Å²) in [5.41, 5.74) is 2.60. The van der Waals surface area contributed by atoms with Crippen LogP contribution in [0.25, 0.3) is 32.9 Å². The highest BCUT2D eigenvalue weighted by molar-refractivity contribution is 5.88. The number of imidazole rings is 1. The molecule has 8 nitrogen and oxygen atoms in total. The Labute approximate surface area is 197 Å². The molecule has 0 aliphatic carbocycles. The van der Waals surface area contributed by atoms with Gasteiger partial charge < -0.3 is 9.72 Å². The van der Waals surface area contributed by atoms with Gasteiger partial charge in [0.15, 0.2) is 0 Å². The average molecular weight is 475 g/mol. The summed E-state index contributed by atoms with van der Waals surface area (Å²) in [5, 5.41) is 9.27. The minimum absolute atomic E-state index is 0.140. The van der Waals surface area contributed by atoms with E-state index in [1.807, 2.05) is 0 Å². The van der Waals surface area contributed by atoms with Gasteiger partial charge in [0, 0.05) is 17.4 Å². The zero-order chi connectivity index (χ0) is 24.5. The molecule has 2 heterocycles. The molecule has 0 unspecified atom stereocenters. The summed E-state index contributed by atoms with van der Waals surface area (Å²) in [6, 6.07) is 14.0. The molecule has 0 radical (unpaired) electrons. The number of benzene rings is 3. The van der Waals surface area contributed by atoms with E-state index < -0.39 is 23.3 Å². The Kier molecular flexibility index (Phi) is 5.69. The van der Waals surface area contributed by atoms with Crippen molar-refractivity contribution in [3.63, 3.8) is 0 Å². The van der Waals surface area contributed by atoms with E-state index >= 15 is 0 Å². The minimum atomic E-state index is -0.634. The van der Waals surface area contributed by atoms with E-state index in [1.54, 1.807) is 37.3 Å². The molecule has 0 saturated carbocycles. The summed E-state index contributed by atoms with van der Waals surface area (Å²) in [6.45, 7) is 1.92. The molecule has 0 spiro atoms. The van der Waals surface area contributed by atoms with Gasteiger partial charge in [-0.05, 0) is 54.4 Å². The van der Waals surface area contributed by atoms with E-state index in [9.17, 15) is 18.4 Å². The van der Waals surface area contributed by atoms with Crippen LogP contribution in [-0.4, -0.2) is 32.9 Å². The Balaban J connectivity index is 1.49. The summed E-state index contributed by atoms with van der Waals surface area (Å²) in [4.78, 5) is 31.0. The number of rotatable bonds is 5. The molecule has 5 rings (SSSR count). The molecule has 2 aromatic heterocycles. The quantitative estimate of drug-likeness (QED) is 0.335. The number of carbonyl (C=O) groups excluding carboxylic acids is 1. The third-order valence-corrected chi connectivity index (χ3v) is 5.53. The summed E-state index contributed by atoms with van der Waals surface area (Å²) in [5.74, 6) is -0.781. The van der Waals surface area contributed by atoms with Crippen LogP contribution in [0.4, 0.5) is 19.5 Å². The maximum absolute atomic E-state index is 14.8. The van der Waals surface area contributed by atoms with Crippen molar-refractivity contribution in [2.75, 3.05) is 11.9 Å². The number of aromatic amines is 2. The lowest BCUT2D eigenvalue weighted by atomic mass is 9.98. The zero-order valence-corrected chi connectivity index (χ0v) is 18.5. The van der Waals surface area contributed by atoms with Gasteiger partial charge >= 0.3 is 6.09 Å². The first-order valence-corrected chi connectivity index (χ1v) is 10.8. The van der Waals surface area contributed by atoms with Crippen LogP contribution in [0.1, 0.15) is 18.2 Å². The first kappa shape index (κ1) is 22.2. The summed E-state index contributed by atoms with van der Waals surface area (Å²) < 4.78 is 34.2. The second-order valence-corrected chi connectivity index (χ2v) is 7.82. The van der Waals surface area contributed by atoms with E-state index in [-0.39, 0.29) is 29.7 Å². The highest BCUT2D eigenvalue weighted by Gasteiger charge is 2.14. The van der Waals surface area contributed by atoms with Gasteiger partial charge in [0.1, 0.15) is 11.6 Å². The second-order valence-electron chi connectivity index (χ2n) is 7.82. The largest absolute Gasteiger partial charge is 0.450 e. The van der Waals surface area contributed by atoms with Gasteiger partial charge in [0.05, 0.1) is 28.7 Å². The number of nitrogens with zero attached hydrogens (tertiary/aromatic N) is 2. The standard InChI is InChI=1S/C25H19F2N5O3/c1-2-35-25(34)30-24-28-19-9-7-14(12-20(19)29-24)16-10-13(6-8-17(16)26)11-21-22-15(23(33)32-31-21)4-3-5-18(22)27/h3-10,12H,2,11H2,1H3,(H,32,33)(H2,28,29,30,34). The molecule has 3 N–H and O–H groups in total. The maximum Gasteiger partial charge on any atom is 0.413 e. The van der Waals surface area contributed by atoms with E-state index in [2.05, 4.69) is 25.5 Å². The van der Waals surface area contributed by atoms with Crippen LogP contribution < -0.4 is 10.9 Å². The number of anilines is 1. The topological polar surface area (TPSA) is 113 Å². The molecule has 0 atom stereocenters. The van der Waals surface area contributed by atoms with Crippen molar-refractivity contribution in [2.45, 2.75) is 13.3 Å². The van der Waals surface area contributed by atoms with Crippen molar-refractivity contribution in [1.82, 2.24) is 20.2 Å². The molecule has 0 fully saturated rings. The number of hydrogen-bond acceptors (Lipinski definition) is 5. The van der Waals surface area contributed by atoms with Gasteiger partial charge in [-0.15, -0.1) is 0 Å². The van der Waals surface area contributed by atoms with Crippen LogP contribution in [0.3, 0.4) is 0 Å². The Morgan fingerprint density at radius 2 is 1.94 bits per heavy atom. The van der Waals surface area contributed by atoms with Gasteiger partial charge in [-0.25, -0.2) is 23.7 Å². The minimum Gasteiger partial charge on any atom is -0.450 e. The number of nitrogens with one attached hydrogen (secondary N) is 3. The lowest BCUT2D eigenvalue weighted by molar-refractivity contribution is 0.167. The fraction of sp³-hybridized carbons (Fsp3) is 0.120. The molecule has 0 saturated heterocycles. The van der Waals surface area contributed by atoms with Gasteiger partial charge in [0.25, 0.3) is 5.56 Å². The zero-order valence-electron chi connectivity index (χ0n) is 18.5. The predicted molar refractivity (Wildman–Crippen MR) is 127 cm³/mol. The summed E-state index contributed by atoms with van der Waals surface area (Å²) >= 11 is 0. The molecule has 0 aliphatic heterocycles. The molecule has 35 heavy (non-hydrogen) atoms. The summed E-state index contributed by atoms with van der Waals surface area (Å²) in [6.07, 6.45) is -0.454. The van der Waals surface area contributed by atoms with E-state index in [0.717, 1.165) is 0 Å². The maximum atomic E-state index is 14.8. The number of aromatic nitrogens is 4. The Bertz CT molecular complexity index is 1640. The monoisotopic (exact) mass is 475 g/mol. The molecular weight excluding hydrogens is 456 g/mol. The Morgan fingerprint density at radius 3 is 2.77 bits per heavy atom. The second kappa shape index (κ2) is 8.98. The fourth-order valence-corrected chi connectivity index (χ4v) is 3.96. The van der Waals surface area contributed by atoms with Crippen LogP contribution in [0.15, 0.2) is 59.4 Å². The molecule has 5 aromatic rings. The van der Waals surface area contributed by atoms with Crippen molar-refractivity contribution in [1.29, 1.82) is 0 Å². The number of halogens is 2. The molecule has 10 heteroatoms. The number of H-pyrrole nitrogens is 2. The molecule has 0 bridgehead atoms. The van der Waals surface area contributed by atoms with Crippen molar-refractivity contribution in [2.24, 2.45) is 0 Å². The fourth-order valence-electron chi connectivity index (χ4n) is 3.96. The highest BCUT2D eigenvalue weighted by atomic mass is 19.1. The average Bonchev–Trinajstić information content (AvgIpc) is 3.23. The number of hydrogen-bond donors (Lipinski definition) is 3. The van der Waals surface area contributed by atoms with Gasteiger partial charge in [-0.1, -0.05) is 18.2 Å². The van der Waals surface area contributed by atoms with E-state index in [1.165, 1.54) is 24.3 Å². The van der Waals surface area contributed by atoms with Crippen LogP contribution in [-0.2, 0) is 11.2 Å². The van der Waals surface area contributed by atoms with Crippen LogP contribution in [0, 0.1) is 11.6 Å². The number of carbonyl (C=O) groups is 1. The molecule has 176 valence electrons. The third-order valence-electron chi connectivity index (χ3n) is 5.53. The van der Waals surface area contributed by atoms with Gasteiger partial charge in [-0.2, -0.15) is 5.10 Å². The van der Waals surface area contributed by atoms with Crippen LogP contribution in [0.5, 0.6) is 0 Å². The van der Waals surface area contributed by atoms with Crippen molar-refractivity contribution >= 4 is 33.8 Å². The van der Waals surface area contributed by atoms with Gasteiger partial charge in [0.2, 0.25) is 5.95 Å². The normalized spacial score (nSPS) is 11.2. The molecular formula is C25H19F2N5O3. The Morgan fingerprint density at radius 1 is 1.09 bits per heavy atom. The lowest BCUT2D eigenvalue weighted by Crippen LogP contribution is -2.14. The van der Waals surface area contributed by atoms with E-state index in [4.69, 9.17) is 4.74 Å². The number of fused-ring (bicyclic) bond motifs is 2. The molecule has 0 aliphatic rings. The number of amides is 1. The third kappa shape index (κ3) is 4.33. The van der Waals surface area contributed by atoms with Crippen LogP contribution in [0.2, 0.25) is 0 Å². The lowest BCUT2D eigenvalue weighted by Gasteiger charge is -2.09. The SMILES string of the molecule is CCOC(=O)Nc1nc2cc(-c3cc(Cc4n[nH]c(=O)c5cccc(F)c45)ccc3F)ccc2[nH]1. The van der Waals surface area contributed by atoms with Crippen molar-refractivity contribution < 1.29 is 18.3 Å². The molecule has 3 aromatic carbocycles. The van der Waals surface area contributed by atoms with Crippen molar-refractivity contribution in [3.8, 4) is 11.1 Å². The predicted octanol–water partition coefficient (Wildman–Crippen LogP) is 4.90. The summed E-state index contributed by atoms with van der Waals surface area (Å²) in [7, 11) is 0. The number of ether oxygens (including phenoxy) is 1. The first-order valence-electron chi connectivity index (χ1n) is 10.8. The van der Waals surface area contributed by atoms with E-state index in [0.29, 0.717) is 33.4 Å².